The summed E-state index contributed by atoms with van der Waals surface area (Å²) in [5.41, 5.74) is 9.61. The molecule has 3 aromatic rings. The Morgan fingerprint density at radius 1 is 1.30 bits per heavy atom. The normalized spacial score (nSPS) is 12.8. The molecule has 0 amide bonds. The molecule has 1 unspecified atom stereocenters. The van der Waals surface area contributed by atoms with Crippen LogP contribution in [0.3, 0.4) is 0 Å². The van der Waals surface area contributed by atoms with Crippen LogP contribution in [0.25, 0.3) is 10.8 Å². The van der Waals surface area contributed by atoms with Gasteiger partial charge in [0, 0.05) is 24.3 Å². The van der Waals surface area contributed by atoms with Crippen LogP contribution in [-0.4, -0.2) is 14.8 Å². The zero-order chi connectivity index (χ0) is 14.1. The number of aryl methyl sites for hydroxylation is 2. The molecule has 3 rings (SSSR count). The van der Waals surface area contributed by atoms with Crippen LogP contribution in [0.4, 0.5) is 0 Å². The molecule has 1 atom stereocenters. The zero-order valence-electron chi connectivity index (χ0n) is 11.7. The van der Waals surface area contributed by atoms with E-state index in [-0.39, 0.29) is 6.04 Å². The second-order valence-corrected chi connectivity index (χ2v) is 4.95. The van der Waals surface area contributed by atoms with E-state index in [1.165, 1.54) is 0 Å². The van der Waals surface area contributed by atoms with Gasteiger partial charge in [0.05, 0.1) is 17.4 Å². The lowest BCUT2D eigenvalue weighted by molar-refractivity contribution is 0.598. The van der Waals surface area contributed by atoms with Gasteiger partial charge >= 0.3 is 0 Å². The van der Waals surface area contributed by atoms with E-state index < -0.39 is 0 Å². The van der Waals surface area contributed by atoms with E-state index >= 15 is 0 Å². The van der Waals surface area contributed by atoms with Crippen LogP contribution >= 0.6 is 0 Å². The molecule has 0 saturated carbocycles. The molecule has 0 bridgehead atoms. The fourth-order valence-electron chi connectivity index (χ4n) is 2.64. The number of pyridine rings is 1. The SMILES string of the molecule is CCn1nc(C)cc1C(N)c1cccc2ccncc12. The van der Waals surface area contributed by atoms with Crippen molar-refractivity contribution in [3.05, 3.63) is 59.7 Å². The van der Waals surface area contributed by atoms with Crippen LogP contribution in [0.1, 0.15) is 29.9 Å². The van der Waals surface area contributed by atoms with Crippen molar-refractivity contribution in [1.82, 2.24) is 14.8 Å². The Balaban J connectivity index is 2.15. The molecule has 2 heterocycles. The van der Waals surface area contributed by atoms with Crippen LogP contribution in [0.2, 0.25) is 0 Å². The third-order valence-electron chi connectivity index (χ3n) is 3.60. The van der Waals surface area contributed by atoms with Crippen molar-refractivity contribution in [1.29, 1.82) is 0 Å². The summed E-state index contributed by atoms with van der Waals surface area (Å²) >= 11 is 0. The third-order valence-corrected chi connectivity index (χ3v) is 3.60. The fourth-order valence-corrected chi connectivity index (χ4v) is 2.64. The molecular formula is C16H18N4. The molecule has 0 fully saturated rings. The molecule has 0 saturated heterocycles. The largest absolute Gasteiger partial charge is 0.319 e. The lowest BCUT2D eigenvalue weighted by Crippen LogP contribution is -2.17. The number of nitrogens with zero attached hydrogens (tertiary/aromatic N) is 3. The standard InChI is InChI=1S/C16H18N4/c1-3-20-15(9-11(2)19-20)16(17)13-6-4-5-12-7-8-18-10-14(12)13/h4-10,16H,3,17H2,1-2H3. The van der Waals surface area contributed by atoms with Crippen molar-refractivity contribution in [2.24, 2.45) is 5.73 Å². The Hall–Kier alpha value is -2.20. The van der Waals surface area contributed by atoms with Gasteiger partial charge in [-0.05, 0) is 36.9 Å². The first kappa shape index (κ1) is 12.8. The van der Waals surface area contributed by atoms with Gasteiger partial charge < -0.3 is 5.73 Å². The average molecular weight is 266 g/mol. The summed E-state index contributed by atoms with van der Waals surface area (Å²) in [6, 6.07) is 10.1. The summed E-state index contributed by atoms with van der Waals surface area (Å²) in [4.78, 5) is 4.22. The van der Waals surface area contributed by atoms with Crippen molar-refractivity contribution in [2.45, 2.75) is 26.4 Å². The first-order valence-corrected chi connectivity index (χ1v) is 6.83. The van der Waals surface area contributed by atoms with Gasteiger partial charge in [-0.25, -0.2) is 0 Å². The molecule has 2 N–H and O–H groups in total. The maximum Gasteiger partial charge on any atom is 0.0729 e. The van der Waals surface area contributed by atoms with Crippen molar-refractivity contribution in [2.75, 3.05) is 0 Å². The van der Waals surface area contributed by atoms with Gasteiger partial charge in [-0.3, -0.25) is 9.67 Å². The van der Waals surface area contributed by atoms with E-state index in [1.54, 1.807) is 6.20 Å². The minimum Gasteiger partial charge on any atom is -0.319 e. The first-order chi connectivity index (χ1) is 9.70. The number of rotatable bonds is 3. The second kappa shape index (κ2) is 5.06. The summed E-state index contributed by atoms with van der Waals surface area (Å²) in [6.07, 6.45) is 3.68. The molecule has 0 spiro atoms. The van der Waals surface area contributed by atoms with Crippen LogP contribution < -0.4 is 5.73 Å². The highest BCUT2D eigenvalue weighted by Gasteiger charge is 2.17. The smallest absolute Gasteiger partial charge is 0.0729 e. The molecule has 0 aliphatic rings. The number of fused-ring (bicyclic) bond motifs is 1. The Morgan fingerprint density at radius 2 is 2.15 bits per heavy atom. The summed E-state index contributed by atoms with van der Waals surface area (Å²) in [6.45, 7) is 4.89. The fraction of sp³-hybridized carbons (Fsp3) is 0.250. The number of hydrogen-bond acceptors (Lipinski definition) is 3. The lowest BCUT2D eigenvalue weighted by atomic mass is 9.98. The predicted molar refractivity (Wildman–Crippen MR) is 80.4 cm³/mol. The van der Waals surface area contributed by atoms with Crippen LogP contribution in [0.15, 0.2) is 42.7 Å². The van der Waals surface area contributed by atoms with Crippen molar-refractivity contribution >= 4 is 10.8 Å². The first-order valence-electron chi connectivity index (χ1n) is 6.83. The van der Waals surface area contributed by atoms with Gasteiger partial charge in [0.2, 0.25) is 0 Å². The minimum absolute atomic E-state index is 0.191. The number of benzene rings is 1. The van der Waals surface area contributed by atoms with Crippen molar-refractivity contribution in [3.63, 3.8) is 0 Å². The van der Waals surface area contributed by atoms with Gasteiger partial charge in [0.15, 0.2) is 0 Å². The summed E-state index contributed by atoms with van der Waals surface area (Å²) < 4.78 is 1.97. The van der Waals surface area contributed by atoms with Crippen molar-refractivity contribution < 1.29 is 0 Å². The van der Waals surface area contributed by atoms with Gasteiger partial charge in [0.1, 0.15) is 0 Å². The van der Waals surface area contributed by atoms with Crippen LogP contribution in [0.5, 0.6) is 0 Å². The molecule has 4 heteroatoms. The molecule has 20 heavy (non-hydrogen) atoms. The maximum atomic E-state index is 6.48. The number of aromatic nitrogens is 3. The van der Waals surface area contributed by atoms with Gasteiger partial charge in [-0.15, -0.1) is 0 Å². The number of hydrogen-bond donors (Lipinski definition) is 1. The minimum atomic E-state index is -0.191. The van der Waals surface area contributed by atoms with E-state index in [4.69, 9.17) is 5.73 Å². The van der Waals surface area contributed by atoms with E-state index in [0.717, 1.165) is 34.3 Å². The van der Waals surface area contributed by atoms with Crippen LogP contribution in [-0.2, 0) is 6.54 Å². The molecule has 0 radical (unpaired) electrons. The summed E-state index contributed by atoms with van der Waals surface area (Å²) in [5.74, 6) is 0. The molecule has 0 aliphatic heterocycles. The van der Waals surface area contributed by atoms with E-state index in [2.05, 4.69) is 35.2 Å². The Labute approximate surface area is 118 Å². The Morgan fingerprint density at radius 3 is 2.95 bits per heavy atom. The molecule has 2 aromatic heterocycles. The van der Waals surface area contributed by atoms with Gasteiger partial charge in [-0.1, -0.05) is 18.2 Å². The molecule has 4 nitrogen and oxygen atoms in total. The van der Waals surface area contributed by atoms with E-state index in [9.17, 15) is 0 Å². The highest BCUT2D eigenvalue weighted by molar-refractivity contribution is 5.85. The predicted octanol–water partition coefficient (Wildman–Crippen LogP) is 2.81. The average Bonchev–Trinajstić information content (AvgIpc) is 2.87. The molecular weight excluding hydrogens is 248 g/mol. The summed E-state index contributed by atoms with van der Waals surface area (Å²) in [7, 11) is 0. The summed E-state index contributed by atoms with van der Waals surface area (Å²) in [5, 5.41) is 6.74. The lowest BCUT2D eigenvalue weighted by Gasteiger charge is -2.15. The highest BCUT2D eigenvalue weighted by Crippen LogP contribution is 2.27. The third kappa shape index (κ3) is 2.08. The van der Waals surface area contributed by atoms with Gasteiger partial charge in [-0.2, -0.15) is 5.10 Å². The topological polar surface area (TPSA) is 56.7 Å². The monoisotopic (exact) mass is 266 g/mol. The quantitative estimate of drug-likeness (QED) is 0.793. The van der Waals surface area contributed by atoms with Gasteiger partial charge in [0.25, 0.3) is 0 Å². The molecule has 102 valence electrons. The van der Waals surface area contributed by atoms with Crippen molar-refractivity contribution in [3.8, 4) is 0 Å². The highest BCUT2D eigenvalue weighted by atomic mass is 15.3. The zero-order valence-corrected chi connectivity index (χ0v) is 11.7. The molecule has 0 aliphatic carbocycles. The number of nitrogens with two attached hydrogens (primary N) is 1. The molecule has 1 aromatic carbocycles. The second-order valence-electron chi connectivity index (χ2n) is 4.95. The Bertz CT molecular complexity index is 740. The van der Waals surface area contributed by atoms with Crippen LogP contribution in [0, 0.1) is 6.92 Å². The Kier molecular flexibility index (Phi) is 3.24. The maximum absolute atomic E-state index is 6.48. The van der Waals surface area contributed by atoms with E-state index in [1.807, 2.05) is 29.9 Å². The van der Waals surface area contributed by atoms with E-state index in [0.29, 0.717) is 0 Å².